The lowest BCUT2D eigenvalue weighted by atomic mass is 9.97. The summed E-state index contributed by atoms with van der Waals surface area (Å²) in [7, 11) is 0. The molecule has 0 radical (unpaired) electrons. The van der Waals surface area contributed by atoms with Crippen molar-refractivity contribution in [2.45, 2.75) is 26.2 Å². The van der Waals surface area contributed by atoms with E-state index in [0.29, 0.717) is 25.0 Å². The minimum absolute atomic E-state index is 0.0343. The van der Waals surface area contributed by atoms with E-state index in [0.717, 1.165) is 16.4 Å². The third-order valence-corrected chi connectivity index (χ3v) is 4.76. The second kappa shape index (κ2) is 4.12. The van der Waals surface area contributed by atoms with Gasteiger partial charge in [0, 0.05) is 11.8 Å². The number of aromatic nitrogens is 1. The van der Waals surface area contributed by atoms with Gasteiger partial charge in [-0.15, -0.1) is 0 Å². The predicted octanol–water partition coefficient (Wildman–Crippen LogP) is 1.44. The lowest BCUT2D eigenvalue weighted by Gasteiger charge is -2.28. The van der Waals surface area contributed by atoms with Gasteiger partial charge in [-0.25, -0.2) is 9.69 Å². The topological polar surface area (TPSA) is 87.6 Å². The Morgan fingerprint density at radius 1 is 1.32 bits per heavy atom. The van der Waals surface area contributed by atoms with Gasteiger partial charge in [-0.1, -0.05) is 0 Å². The summed E-state index contributed by atoms with van der Waals surface area (Å²) in [5.41, 5.74) is 0.305. The van der Waals surface area contributed by atoms with Gasteiger partial charge in [0.1, 0.15) is 10.6 Å². The first-order valence-corrected chi connectivity index (χ1v) is 6.85. The summed E-state index contributed by atoms with van der Waals surface area (Å²) in [4.78, 5) is 36.8. The number of nitrogens with zero attached hydrogens (tertiary/aromatic N) is 2. The summed E-state index contributed by atoms with van der Waals surface area (Å²) >= 11 is 0.904. The van der Waals surface area contributed by atoms with E-state index in [2.05, 4.69) is 4.37 Å². The maximum absolute atomic E-state index is 12.3. The van der Waals surface area contributed by atoms with Crippen molar-refractivity contribution in [3.05, 3.63) is 11.3 Å². The minimum atomic E-state index is -1.15. The van der Waals surface area contributed by atoms with E-state index in [9.17, 15) is 19.5 Å². The second-order valence-electron chi connectivity index (χ2n) is 4.97. The van der Waals surface area contributed by atoms with Crippen LogP contribution in [0.5, 0.6) is 0 Å². The van der Waals surface area contributed by atoms with Gasteiger partial charge >= 0.3 is 5.97 Å². The Kier molecular flexibility index (Phi) is 2.67. The van der Waals surface area contributed by atoms with Crippen LogP contribution in [0.3, 0.4) is 0 Å². The molecule has 19 heavy (non-hydrogen) atoms. The van der Waals surface area contributed by atoms with Crippen molar-refractivity contribution in [1.29, 1.82) is 0 Å². The summed E-state index contributed by atoms with van der Waals surface area (Å²) in [6.45, 7) is 1.57. The third kappa shape index (κ3) is 1.68. The molecule has 2 heterocycles. The van der Waals surface area contributed by atoms with Gasteiger partial charge in [0.25, 0.3) is 0 Å². The predicted molar refractivity (Wildman–Crippen MR) is 67.1 cm³/mol. The molecule has 0 aromatic carbocycles. The van der Waals surface area contributed by atoms with Crippen molar-refractivity contribution in [2.75, 3.05) is 4.90 Å². The molecule has 2 bridgehead atoms. The van der Waals surface area contributed by atoms with Crippen molar-refractivity contribution in [3.63, 3.8) is 0 Å². The van der Waals surface area contributed by atoms with Gasteiger partial charge in [-0.2, -0.15) is 4.37 Å². The van der Waals surface area contributed by atoms with Crippen LogP contribution in [0.15, 0.2) is 0 Å². The monoisotopic (exact) mass is 280 g/mol. The lowest BCUT2D eigenvalue weighted by Crippen LogP contribution is -2.46. The fraction of sp³-hybridized carbons (Fsp3) is 0.500. The molecule has 1 aliphatic carbocycles. The molecule has 1 aliphatic heterocycles. The summed E-state index contributed by atoms with van der Waals surface area (Å²) in [6, 6.07) is 0. The van der Waals surface area contributed by atoms with Crippen molar-refractivity contribution in [3.8, 4) is 0 Å². The molecule has 2 atom stereocenters. The number of fused-ring (bicyclic) bond motifs is 2. The Bertz CT molecular complexity index is 573. The number of aryl methyl sites for hydroxylation is 1. The summed E-state index contributed by atoms with van der Waals surface area (Å²) in [5.74, 6) is -1.99. The van der Waals surface area contributed by atoms with Gasteiger partial charge in [-0.3, -0.25) is 9.59 Å². The quantitative estimate of drug-likeness (QED) is 0.828. The molecular formula is C12H12N2O4S. The molecule has 1 saturated carbocycles. The van der Waals surface area contributed by atoms with E-state index in [4.69, 9.17) is 0 Å². The van der Waals surface area contributed by atoms with Gasteiger partial charge in [0.2, 0.25) is 11.8 Å². The van der Waals surface area contributed by atoms with Crippen LogP contribution in [0.2, 0.25) is 0 Å². The van der Waals surface area contributed by atoms with Crippen LogP contribution in [0.25, 0.3) is 0 Å². The molecule has 2 aliphatic rings. The Hall–Kier alpha value is -1.76. The van der Waals surface area contributed by atoms with E-state index in [1.807, 2.05) is 0 Å². The fourth-order valence-corrected chi connectivity index (χ4v) is 3.76. The number of piperidine rings is 1. The summed E-state index contributed by atoms with van der Waals surface area (Å²) in [6.07, 6.45) is 2.03. The minimum Gasteiger partial charge on any atom is -0.478 e. The van der Waals surface area contributed by atoms with E-state index in [1.165, 1.54) is 0 Å². The number of amides is 2. The number of rotatable bonds is 2. The molecule has 2 unspecified atom stereocenters. The van der Waals surface area contributed by atoms with E-state index in [-0.39, 0.29) is 34.2 Å². The molecule has 0 spiro atoms. The molecule has 3 rings (SSSR count). The van der Waals surface area contributed by atoms with Crippen molar-refractivity contribution >= 4 is 34.3 Å². The van der Waals surface area contributed by atoms with E-state index in [1.54, 1.807) is 6.92 Å². The summed E-state index contributed by atoms with van der Waals surface area (Å²) in [5, 5.41) is 9.37. The van der Waals surface area contributed by atoms with Crippen LogP contribution in [0, 0.1) is 18.8 Å². The molecule has 100 valence electrons. The van der Waals surface area contributed by atoms with Crippen molar-refractivity contribution < 1.29 is 19.5 Å². The highest BCUT2D eigenvalue weighted by Crippen LogP contribution is 2.42. The van der Waals surface area contributed by atoms with Crippen molar-refractivity contribution in [1.82, 2.24) is 4.37 Å². The number of hydrogen-bond donors (Lipinski definition) is 1. The van der Waals surface area contributed by atoms with Gasteiger partial charge < -0.3 is 5.11 Å². The summed E-state index contributed by atoms with van der Waals surface area (Å²) < 4.78 is 3.97. The highest BCUT2D eigenvalue weighted by molar-refractivity contribution is 7.11. The van der Waals surface area contributed by atoms with E-state index >= 15 is 0 Å². The average Bonchev–Trinajstić information content (AvgIpc) is 2.93. The standard InChI is InChI=1S/C12H12N2O4S/c1-5-8(12(17)18)11(19-13-5)14-9(15)6-2-3-7(4-6)10(14)16/h6-7H,2-4H2,1H3,(H,17,18). The van der Waals surface area contributed by atoms with Gasteiger partial charge in [-0.05, 0) is 37.7 Å². The zero-order valence-corrected chi connectivity index (χ0v) is 11.1. The first-order valence-electron chi connectivity index (χ1n) is 6.08. The number of carbonyl (C=O) groups excluding carboxylic acids is 2. The smallest absolute Gasteiger partial charge is 0.340 e. The normalized spacial score (nSPS) is 26.1. The number of carboxylic acid groups (broad SMARTS) is 1. The second-order valence-corrected chi connectivity index (χ2v) is 5.72. The van der Waals surface area contributed by atoms with Crippen LogP contribution in [0.4, 0.5) is 5.00 Å². The number of carboxylic acids is 1. The Balaban J connectivity index is 2.09. The van der Waals surface area contributed by atoms with Crippen LogP contribution in [0.1, 0.15) is 35.3 Å². The number of carbonyl (C=O) groups is 3. The van der Waals surface area contributed by atoms with Crippen LogP contribution >= 0.6 is 11.5 Å². The molecule has 7 heteroatoms. The van der Waals surface area contributed by atoms with Crippen molar-refractivity contribution in [2.24, 2.45) is 11.8 Å². The number of aromatic carboxylic acids is 1. The first-order chi connectivity index (χ1) is 9.00. The van der Waals surface area contributed by atoms with Crippen LogP contribution in [-0.2, 0) is 9.59 Å². The van der Waals surface area contributed by atoms with Gasteiger partial charge in [0.05, 0.1) is 5.69 Å². The first kappa shape index (κ1) is 12.3. The van der Waals surface area contributed by atoms with Gasteiger partial charge in [0.15, 0.2) is 0 Å². The number of anilines is 1. The molecule has 1 saturated heterocycles. The molecule has 1 N–H and O–H groups in total. The van der Waals surface area contributed by atoms with Crippen LogP contribution < -0.4 is 4.90 Å². The molecular weight excluding hydrogens is 268 g/mol. The lowest BCUT2D eigenvalue weighted by molar-refractivity contribution is -0.132. The Morgan fingerprint density at radius 3 is 2.42 bits per heavy atom. The zero-order valence-electron chi connectivity index (χ0n) is 10.3. The van der Waals surface area contributed by atoms with Crippen LogP contribution in [-0.4, -0.2) is 27.3 Å². The maximum Gasteiger partial charge on any atom is 0.340 e. The molecule has 6 nitrogen and oxygen atoms in total. The third-order valence-electron chi connectivity index (χ3n) is 3.83. The SMILES string of the molecule is Cc1nsc(N2C(=O)C3CCC(C3)C2=O)c1C(=O)O. The Morgan fingerprint density at radius 2 is 1.89 bits per heavy atom. The fourth-order valence-electron chi connectivity index (χ4n) is 2.86. The molecule has 2 amide bonds. The highest BCUT2D eigenvalue weighted by atomic mass is 32.1. The largest absolute Gasteiger partial charge is 0.478 e. The average molecular weight is 280 g/mol. The maximum atomic E-state index is 12.3. The Labute approximate surface area is 113 Å². The highest BCUT2D eigenvalue weighted by Gasteiger charge is 2.47. The molecule has 2 fully saturated rings. The number of hydrogen-bond acceptors (Lipinski definition) is 5. The number of imide groups is 1. The zero-order chi connectivity index (χ0) is 13.7. The molecule has 1 aromatic rings. The van der Waals surface area contributed by atoms with E-state index < -0.39 is 5.97 Å². The molecule has 1 aromatic heterocycles.